The first kappa shape index (κ1) is 22.2. The molecule has 1 saturated heterocycles. The van der Waals surface area contributed by atoms with Gasteiger partial charge in [0.2, 0.25) is 0 Å². The number of carbonyl (C=O) groups is 1. The zero-order valence-corrected chi connectivity index (χ0v) is 14.9. The van der Waals surface area contributed by atoms with Crippen LogP contribution >= 0.6 is 0 Å². The smallest absolute Gasteiger partial charge is 0.330 e. The number of benzene rings is 1. The van der Waals surface area contributed by atoms with E-state index in [4.69, 9.17) is 19.3 Å². The lowest BCUT2D eigenvalue weighted by atomic mass is 9.99. The molecule has 1 heterocycles. The molecule has 1 aromatic carbocycles. The third-order valence-corrected chi connectivity index (χ3v) is 4.02. The van der Waals surface area contributed by atoms with Crippen LogP contribution in [-0.2, 0) is 19.0 Å². The average Bonchev–Trinajstić information content (AvgIpc) is 2.69. The zero-order valence-electron chi connectivity index (χ0n) is 14.9. The summed E-state index contributed by atoms with van der Waals surface area (Å²) < 4.78 is 15.1. The van der Waals surface area contributed by atoms with Crippen LogP contribution in [0.1, 0.15) is 5.56 Å². The molecule has 1 aliphatic heterocycles. The van der Waals surface area contributed by atoms with Gasteiger partial charge < -0.3 is 44.8 Å². The molecule has 6 atom stereocenters. The lowest BCUT2D eigenvalue weighted by Gasteiger charge is -2.39. The van der Waals surface area contributed by atoms with Gasteiger partial charge in [-0.3, -0.25) is 0 Å². The molecule has 0 spiro atoms. The Morgan fingerprint density at radius 1 is 1.11 bits per heavy atom. The fraction of sp³-hybridized carbons (Fsp3) is 0.500. The molecular weight excluding hydrogens is 376 g/mol. The number of aliphatic hydroxyl groups excluding tert-OH is 5. The molecule has 0 bridgehead atoms. The number of phenolic OH excluding ortho intramolecular Hbond substituents is 1. The lowest BCUT2D eigenvalue weighted by molar-refractivity contribution is -0.304. The number of aliphatic hydroxyl groups is 5. The van der Waals surface area contributed by atoms with E-state index < -0.39 is 62.6 Å². The SMILES string of the molecule is O=C(C=Cc1ccc(O)cc1)OCC(O)CO[C@@H]1O[C@H](CO)[C@@H](O)[C@H](O)[C@H]1O. The highest BCUT2D eigenvalue weighted by molar-refractivity contribution is 5.87. The minimum absolute atomic E-state index is 0.0993. The molecule has 1 unspecified atom stereocenters. The van der Waals surface area contributed by atoms with Crippen molar-refractivity contribution in [3.63, 3.8) is 0 Å². The summed E-state index contributed by atoms with van der Waals surface area (Å²) in [6, 6.07) is 6.13. The van der Waals surface area contributed by atoms with Crippen molar-refractivity contribution < 1.29 is 49.6 Å². The first-order valence-corrected chi connectivity index (χ1v) is 8.56. The van der Waals surface area contributed by atoms with Crippen LogP contribution in [0.2, 0.25) is 0 Å². The second kappa shape index (κ2) is 10.5. The molecule has 0 aromatic heterocycles. The Bertz CT molecular complexity index is 644. The van der Waals surface area contributed by atoms with E-state index in [2.05, 4.69) is 0 Å². The number of phenols is 1. The number of esters is 1. The predicted molar refractivity (Wildman–Crippen MR) is 93.8 cm³/mol. The Kier molecular flexibility index (Phi) is 8.33. The molecule has 0 amide bonds. The van der Waals surface area contributed by atoms with Gasteiger partial charge in [-0.1, -0.05) is 12.1 Å². The molecule has 0 aliphatic carbocycles. The molecule has 10 heteroatoms. The summed E-state index contributed by atoms with van der Waals surface area (Å²) in [5.41, 5.74) is 0.668. The first-order valence-electron chi connectivity index (χ1n) is 8.56. The second-order valence-corrected chi connectivity index (χ2v) is 6.24. The quantitative estimate of drug-likeness (QED) is 0.215. The molecule has 1 aliphatic rings. The third-order valence-electron chi connectivity index (χ3n) is 4.02. The number of ether oxygens (including phenoxy) is 3. The van der Waals surface area contributed by atoms with Crippen molar-refractivity contribution in [2.75, 3.05) is 19.8 Å². The Labute approximate surface area is 160 Å². The number of rotatable bonds is 8. The Morgan fingerprint density at radius 3 is 2.43 bits per heavy atom. The Morgan fingerprint density at radius 2 is 1.79 bits per heavy atom. The monoisotopic (exact) mass is 400 g/mol. The van der Waals surface area contributed by atoms with Gasteiger partial charge >= 0.3 is 5.97 Å². The van der Waals surface area contributed by atoms with Gasteiger partial charge in [0.15, 0.2) is 6.29 Å². The van der Waals surface area contributed by atoms with Crippen molar-refractivity contribution in [2.45, 2.75) is 36.8 Å². The Hall–Kier alpha value is -2.05. The van der Waals surface area contributed by atoms with Gasteiger partial charge in [0.25, 0.3) is 0 Å². The van der Waals surface area contributed by atoms with Gasteiger partial charge in [-0.25, -0.2) is 4.79 Å². The van der Waals surface area contributed by atoms with Crippen molar-refractivity contribution in [3.8, 4) is 5.75 Å². The summed E-state index contributed by atoms with van der Waals surface area (Å²) in [6.07, 6.45) is -5.80. The van der Waals surface area contributed by atoms with E-state index in [0.717, 1.165) is 6.08 Å². The first-order chi connectivity index (χ1) is 13.3. The summed E-state index contributed by atoms with van der Waals surface area (Å²) in [6.45, 7) is -1.38. The van der Waals surface area contributed by atoms with Gasteiger partial charge in [-0.2, -0.15) is 0 Å². The number of hydrogen-bond acceptors (Lipinski definition) is 10. The Balaban J connectivity index is 1.73. The maximum Gasteiger partial charge on any atom is 0.330 e. The predicted octanol–water partition coefficient (Wildman–Crippen LogP) is -1.87. The van der Waals surface area contributed by atoms with Crippen LogP contribution in [0.5, 0.6) is 5.75 Å². The molecular formula is C18H24O10. The number of aromatic hydroxyl groups is 1. The largest absolute Gasteiger partial charge is 0.508 e. The van der Waals surface area contributed by atoms with Crippen molar-refractivity contribution in [1.82, 2.24) is 0 Å². The van der Waals surface area contributed by atoms with Crippen LogP contribution in [0.4, 0.5) is 0 Å². The van der Waals surface area contributed by atoms with E-state index in [-0.39, 0.29) is 5.75 Å². The van der Waals surface area contributed by atoms with Gasteiger partial charge in [-0.15, -0.1) is 0 Å². The normalized spacial score (nSPS) is 29.0. The molecule has 6 N–H and O–H groups in total. The summed E-state index contributed by atoms with van der Waals surface area (Å²) in [5.74, 6) is -0.609. The lowest BCUT2D eigenvalue weighted by Crippen LogP contribution is -2.59. The number of carbonyl (C=O) groups excluding carboxylic acids is 1. The maximum atomic E-state index is 11.6. The zero-order chi connectivity index (χ0) is 20.7. The van der Waals surface area contributed by atoms with Crippen LogP contribution in [0, 0.1) is 0 Å². The van der Waals surface area contributed by atoms with Crippen LogP contribution < -0.4 is 0 Å². The van der Waals surface area contributed by atoms with E-state index in [0.29, 0.717) is 5.56 Å². The van der Waals surface area contributed by atoms with Gasteiger partial charge in [0, 0.05) is 6.08 Å². The summed E-state index contributed by atoms with van der Waals surface area (Å²) >= 11 is 0. The van der Waals surface area contributed by atoms with Gasteiger partial charge in [0.05, 0.1) is 13.2 Å². The van der Waals surface area contributed by atoms with Crippen LogP contribution in [0.3, 0.4) is 0 Å². The molecule has 2 rings (SSSR count). The van der Waals surface area contributed by atoms with Crippen molar-refractivity contribution in [1.29, 1.82) is 0 Å². The maximum absolute atomic E-state index is 11.6. The highest BCUT2D eigenvalue weighted by Crippen LogP contribution is 2.22. The van der Waals surface area contributed by atoms with E-state index >= 15 is 0 Å². The minimum Gasteiger partial charge on any atom is -0.508 e. The molecule has 10 nitrogen and oxygen atoms in total. The second-order valence-electron chi connectivity index (χ2n) is 6.24. The van der Waals surface area contributed by atoms with Crippen LogP contribution in [0.25, 0.3) is 6.08 Å². The molecule has 1 fully saturated rings. The van der Waals surface area contributed by atoms with Crippen molar-refractivity contribution >= 4 is 12.0 Å². The molecule has 28 heavy (non-hydrogen) atoms. The topological polar surface area (TPSA) is 166 Å². The fourth-order valence-electron chi connectivity index (χ4n) is 2.44. The highest BCUT2D eigenvalue weighted by atomic mass is 16.7. The van der Waals surface area contributed by atoms with E-state index in [1.807, 2.05) is 0 Å². The van der Waals surface area contributed by atoms with Crippen molar-refractivity contribution in [3.05, 3.63) is 35.9 Å². The van der Waals surface area contributed by atoms with Gasteiger partial charge in [-0.05, 0) is 23.8 Å². The van der Waals surface area contributed by atoms with E-state index in [1.165, 1.54) is 18.2 Å². The summed E-state index contributed by atoms with van der Waals surface area (Å²) in [7, 11) is 0. The molecule has 156 valence electrons. The molecule has 0 saturated carbocycles. The molecule has 0 radical (unpaired) electrons. The molecule has 1 aromatic rings. The number of hydrogen-bond donors (Lipinski definition) is 6. The van der Waals surface area contributed by atoms with Gasteiger partial charge in [0.1, 0.15) is 42.9 Å². The van der Waals surface area contributed by atoms with E-state index in [9.17, 15) is 30.3 Å². The minimum atomic E-state index is -1.59. The average molecular weight is 400 g/mol. The standard InChI is InChI=1S/C18H24O10/c19-7-13-15(23)16(24)17(25)18(28-13)27-9-12(21)8-26-14(22)6-3-10-1-4-11(20)5-2-10/h1-6,12-13,15-21,23-25H,7-9H2/t12?,13-,15-,16+,17-,18-/m1/s1. The summed E-state index contributed by atoms with van der Waals surface area (Å²) in [5, 5.41) is 57.2. The van der Waals surface area contributed by atoms with Crippen LogP contribution in [-0.4, -0.2) is 93.2 Å². The van der Waals surface area contributed by atoms with Crippen molar-refractivity contribution in [2.24, 2.45) is 0 Å². The highest BCUT2D eigenvalue weighted by Gasteiger charge is 2.44. The fourth-order valence-corrected chi connectivity index (χ4v) is 2.44. The third kappa shape index (κ3) is 6.24. The van der Waals surface area contributed by atoms with E-state index in [1.54, 1.807) is 12.1 Å². The van der Waals surface area contributed by atoms with Crippen LogP contribution in [0.15, 0.2) is 30.3 Å². The summed E-state index contributed by atoms with van der Waals surface area (Å²) in [4.78, 5) is 11.6.